The summed E-state index contributed by atoms with van der Waals surface area (Å²) in [6.07, 6.45) is 2.23. The summed E-state index contributed by atoms with van der Waals surface area (Å²) in [5, 5.41) is 1.76. The van der Waals surface area contributed by atoms with E-state index in [2.05, 4.69) is 0 Å². The maximum Gasteiger partial charge on any atom is 0.252 e. The molecule has 2 aliphatic rings. The van der Waals surface area contributed by atoms with Gasteiger partial charge in [0.1, 0.15) is 4.21 Å². The van der Waals surface area contributed by atoms with Crippen LogP contribution in [-0.4, -0.2) is 63.4 Å². The summed E-state index contributed by atoms with van der Waals surface area (Å²) < 4.78 is 32.4. The fraction of sp³-hybridized carbons (Fsp3) is 0.667. The zero-order valence-corrected chi connectivity index (χ0v) is 14.9. The highest BCUT2D eigenvalue weighted by molar-refractivity contribution is 7.91. The molecule has 6 nitrogen and oxygen atoms in total. The van der Waals surface area contributed by atoms with E-state index in [1.165, 1.54) is 15.6 Å². The Morgan fingerprint density at radius 1 is 1.35 bits per heavy atom. The summed E-state index contributed by atoms with van der Waals surface area (Å²) in [5.41, 5.74) is -0.545. The fourth-order valence-corrected chi connectivity index (χ4v) is 6.23. The van der Waals surface area contributed by atoms with Crippen LogP contribution in [0.2, 0.25) is 0 Å². The van der Waals surface area contributed by atoms with Gasteiger partial charge in [-0.05, 0) is 30.7 Å². The molecule has 0 bridgehead atoms. The Morgan fingerprint density at radius 2 is 2.17 bits per heavy atom. The molecule has 1 amide bonds. The Labute approximate surface area is 141 Å². The van der Waals surface area contributed by atoms with Gasteiger partial charge in [0.05, 0.1) is 12.0 Å². The molecule has 2 fully saturated rings. The van der Waals surface area contributed by atoms with Crippen molar-refractivity contribution in [2.24, 2.45) is 5.41 Å². The quantitative estimate of drug-likeness (QED) is 0.798. The van der Waals surface area contributed by atoms with Crippen LogP contribution in [0.1, 0.15) is 19.3 Å². The van der Waals surface area contributed by atoms with Gasteiger partial charge < -0.3 is 9.64 Å². The van der Waals surface area contributed by atoms with E-state index in [1.807, 2.05) is 4.90 Å². The number of rotatable bonds is 5. The van der Waals surface area contributed by atoms with Gasteiger partial charge in [-0.2, -0.15) is 4.31 Å². The molecule has 1 aromatic heterocycles. The molecule has 1 spiro atoms. The monoisotopic (exact) mass is 358 g/mol. The van der Waals surface area contributed by atoms with Crippen LogP contribution >= 0.6 is 11.3 Å². The minimum absolute atomic E-state index is 0.0839. The van der Waals surface area contributed by atoms with Crippen LogP contribution < -0.4 is 0 Å². The lowest BCUT2D eigenvalue weighted by Gasteiger charge is -2.38. The number of nitrogens with zero attached hydrogens (tertiary/aromatic N) is 2. The first kappa shape index (κ1) is 16.9. The second-order valence-corrected chi connectivity index (χ2v) is 9.30. The van der Waals surface area contributed by atoms with Crippen molar-refractivity contribution in [3.8, 4) is 0 Å². The van der Waals surface area contributed by atoms with Gasteiger partial charge in [0.2, 0.25) is 5.91 Å². The van der Waals surface area contributed by atoms with Gasteiger partial charge in [0.15, 0.2) is 0 Å². The predicted molar refractivity (Wildman–Crippen MR) is 87.8 cm³/mol. The Bertz CT molecular complexity index is 659. The number of ether oxygens (including phenoxy) is 1. The lowest BCUT2D eigenvalue weighted by Crippen LogP contribution is -2.49. The number of likely N-dealkylation sites (tertiary alicyclic amines) is 1. The Morgan fingerprint density at radius 3 is 2.87 bits per heavy atom. The Hall–Kier alpha value is -0.960. The van der Waals surface area contributed by atoms with E-state index in [4.69, 9.17) is 4.74 Å². The van der Waals surface area contributed by atoms with Gasteiger partial charge in [0, 0.05) is 33.3 Å². The second-order valence-electron chi connectivity index (χ2n) is 6.19. The topological polar surface area (TPSA) is 66.9 Å². The minimum Gasteiger partial charge on any atom is -0.383 e. The molecule has 0 N–H and O–H groups in total. The zero-order chi connectivity index (χ0) is 16.5. The molecule has 2 aliphatic heterocycles. The van der Waals surface area contributed by atoms with Crippen molar-refractivity contribution >= 4 is 27.3 Å². The standard InChI is InChI=1S/C15H22N2O4S2/c1-21-10-9-16-8-6-15(14(16)18)5-3-7-17(12-15)23(19,20)13-4-2-11-22-13/h2,4,11H,3,5-10,12H2,1H3/t15-/m0/s1. The smallest absolute Gasteiger partial charge is 0.252 e. The van der Waals surface area contributed by atoms with E-state index in [1.54, 1.807) is 24.6 Å². The summed E-state index contributed by atoms with van der Waals surface area (Å²) in [6.45, 7) is 2.58. The van der Waals surface area contributed by atoms with Crippen molar-refractivity contribution in [3.05, 3.63) is 17.5 Å². The normalized spacial score (nSPS) is 26.3. The van der Waals surface area contributed by atoms with E-state index in [-0.39, 0.29) is 5.91 Å². The summed E-state index contributed by atoms with van der Waals surface area (Å²) in [5.74, 6) is 0.0839. The molecule has 3 heterocycles. The third-order valence-electron chi connectivity index (χ3n) is 4.80. The number of carbonyl (C=O) groups excluding carboxylic acids is 1. The van der Waals surface area contributed by atoms with Gasteiger partial charge in [-0.25, -0.2) is 8.42 Å². The predicted octanol–water partition coefficient (Wildman–Crippen LogP) is 1.40. The summed E-state index contributed by atoms with van der Waals surface area (Å²) in [7, 11) is -1.87. The first-order valence-corrected chi connectivity index (χ1v) is 10.1. The number of amides is 1. The lowest BCUT2D eigenvalue weighted by atomic mass is 9.79. The number of hydrogen-bond donors (Lipinski definition) is 0. The molecule has 8 heteroatoms. The van der Waals surface area contributed by atoms with Crippen LogP contribution in [0, 0.1) is 5.41 Å². The van der Waals surface area contributed by atoms with Gasteiger partial charge in [0.25, 0.3) is 10.0 Å². The molecule has 3 rings (SSSR count). The highest BCUT2D eigenvalue weighted by atomic mass is 32.2. The van der Waals surface area contributed by atoms with Crippen LogP contribution in [-0.2, 0) is 19.6 Å². The van der Waals surface area contributed by atoms with Crippen molar-refractivity contribution in [2.45, 2.75) is 23.5 Å². The molecule has 0 saturated carbocycles. The van der Waals surface area contributed by atoms with Crippen molar-refractivity contribution in [1.82, 2.24) is 9.21 Å². The van der Waals surface area contributed by atoms with Crippen molar-refractivity contribution in [2.75, 3.05) is 39.9 Å². The Balaban J connectivity index is 1.78. The van der Waals surface area contributed by atoms with E-state index in [0.29, 0.717) is 37.0 Å². The molecule has 2 saturated heterocycles. The van der Waals surface area contributed by atoms with E-state index < -0.39 is 15.4 Å². The number of sulfonamides is 1. The van der Waals surface area contributed by atoms with Crippen molar-refractivity contribution in [3.63, 3.8) is 0 Å². The lowest BCUT2D eigenvalue weighted by molar-refractivity contribution is -0.138. The number of piperidine rings is 1. The van der Waals surface area contributed by atoms with E-state index in [0.717, 1.165) is 19.3 Å². The molecular weight excluding hydrogens is 336 g/mol. The van der Waals surface area contributed by atoms with Crippen LogP contribution in [0.3, 0.4) is 0 Å². The van der Waals surface area contributed by atoms with Gasteiger partial charge >= 0.3 is 0 Å². The summed E-state index contributed by atoms with van der Waals surface area (Å²) in [6, 6.07) is 3.37. The number of methoxy groups -OCH3 is 1. The highest BCUT2D eigenvalue weighted by Crippen LogP contribution is 2.41. The van der Waals surface area contributed by atoms with Crippen LogP contribution in [0.25, 0.3) is 0 Å². The van der Waals surface area contributed by atoms with Crippen LogP contribution in [0.4, 0.5) is 0 Å². The van der Waals surface area contributed by atoms with Crippen molar-refractivity contribution in [1.29, 1.82) is 0 Å². The molecule has 0 radical (unpaired) electrons. The van der Waals surface area contributed by atoms with Gasteiger partial charge in [-0.1, -0.05) is 6.07 Å². The molecule has 23 heavy (non-hydrogen) atoms. The zero-order valence-electron chi connectivity index (χ0n) is 13.2. The second kappa shape index (κ2) is 6.51. The van der Waals surface area contributed by atoms with E-state index >= 15 is 0 Å². The maximum absolute atomic E-state index is 12.8. The maximum atomic E-state index is 12.8. The largest absolute Gasteiger partial charge is 0.383 e. The highest BCUT2D eigenvalue weighted by Gasteiger charge is 2.50. The molecule has 0 unspecified atom stereocenters. The first-order valence-electron chi connectivity index (χ1n) is 7.82. The Kier molecular flexibility index (Phi) is 4.78. The molecule has 1 aromatic rings. The summed E-state index contributed by atoms with van der Waals surface area (Å²) in [4.78, 5) is 14.6. The van der Waals surface area contributed by atoms with Gasteiger partial charge in [-0.15, -0.1) is 11.3 Å². The summed E-state index contributed by atoms with van der Waals surface area (Å²) >= 11 is 1.23. The number of thiophene rings is 1. The van der Waals surface area contributed by atoms with E-state index in [9.17, 15) is 13.2 Å². The molecular formula is C15H22N2O4S2. The van der Waals surface area contributed by atoms with Crippen molar-refractivity contribution < 1.29 is 17.9 Å². The SMILES string of the molecule is COCCN1CC[C@]2(CCCN(S(=O)(=O)c3cccs3)C2)C1=O. The first-order chi connectivity index (χ1) is 11.0. The minimum atomic E-state index is -3.48. The average molecular weight is 358 g/mol. The number of carbonyl (C=O) groups is 1. The number of hydrogen-bond acceptors (Lipinski definition) is 5. The average Bonchev–Trinajstić information content (AvgIpc) is 3.18. The molecule has 0 aromatic carbocycles. The molecule has 1 atom stereocenters. The third-order valence-corrected chi connectivity index (χ3v) is 8.02. The fourth-order valence-electron chi connectivity index (χ4n) is 3.52. The third kappa shape index (κ3) is 3.05. The van der Waals surface area contributed by atoms with Crippen LogP contribution in [0.15, 0.2) is 21.7 Å². The molecule has 0 aliphatic carbocycles. The van der Waals surface area contributed by atoms with Crippen LogP contribution in [0.5, 0.6) is 0 Å². The van der Waals surface area contributed by atoms with Gasteiger partial charge in [-0.3, -0.25) is 4.79 Å². The molecule has 128 valence electrons.